The van der Waals surface area contributed by atoms with E-state index in [1.807, 2.05) is 42.5 Å². The molecule has 0 bridgehead atoms. The number of hydrogen-bond acceptors (Lipinski definition) is 3. The van der Waals surface area contributed by atoms with Crippen LogP contribution in [0.4, 0.5) is 0 Å². The third-order valence-corrected chi connectivity index (χ3v) is 3.02. The summed E-state index contributed by atoms with van der Waals surface area (Å²) >= 11 is 0. The lowest BCUT2D eigenvalue weighted by Crippen LogP contribution is -2.39. The van der Waals surface area contributed by atoms with Gasteiger partial charge >= 0.3 is 0 Å². The summed E-state index contributed by atoms with van der Waals surface area (Å²) < 4.78 is 0. The number of aromatic nitrogens is 1. The van der Waals surface area contributed by atoms with Crippen molar-refractivity contribution in [3.8, 4) is 0 Å². The minimum absolute atomic E-state index is 0.0724. The molecule has 0 radical (unpaired) electrons. The molecule has 104 valence electrons. The van der Waals surface area contributed by atoms with Gasteiger partial charge in [-0.05, 0) is 29.7 Å². The van der Waals surface area contributed by atoms with E-state index in [0.717, 1.165) is 11.1 Å². The van der Waals surface area contributed by atoms with Gasteiger partial charge in [0.2, 0.25) is 5.91 Å². The lowest BCUT2D eigenvalue weighted by molar-refractivity contribution is -0.121. The summed E-state index contributed by atoms with van der Waals surface area (Å²) in [6.07, 6.45) is 4.25. The molecule has 2 rings (SSSR count). The number of benzene rings is 1. The van der Waals surface area contributed by atoms with Crippen molar-refractivity contribution in [2.24, 2.45) is 0 Å². The molecule has 0 spiro atoms. The van der Waals surface area contributed by atoms with E-state index < -0.39 is 0 Å². The molecule has 4 nitrogen and oxygen atoms in total. The standard InChI is InChI=1S/C16H18N2O2/c19-12-15(10-13-4-2-1-3-5-13)18-16(20)11-14-6-8-17-9-7-14/h1-9,15,19H,10-12H2,(H,18,20)/t15-/m0/s1. The molecule has 1 aromatic heterocycles. The van der Waals surface area contributed by atoms with Crippen molar-refractivity contribution in [2.75, 3.05) is 6.61 Å². The summed E-state index contributed by atoms with van der Waals surface area (Å²) in [5.74, 6) is -0.0915. The molecule has 1 amide bonds. The predicted octanol–water partition coefficient (Wildman–Crippen LogP) is 1.34. The highest BCUT2D eigenvalue weighted by molar-refractivity contribution is 5.78. The highest BCUT2D eigenvalue weighted by atomic mass is 16.3. The molecule has 1 heterocycles. The van der Waals surface area contributed by atoms with Crippen LogP contribution >= 0.6 is 0 Å². The van der Waals surface area contributed by atoms with Crippen molar-refractivity contribution in [1.29, 1.82) is 0 Å². The Morgan fingerprint density at radius 1 is 1.10 bits per heavy atom. The summed E-state index contributed by atoms with van der Waals surface area (Å²) in [6.45, 7) is -0.0724. The fourth-order valence-corrected chi connectivity index (χ4v) is 2.02. The molecule has 2 N–H and O–H groups in total. The fraction of sp³-hybridized carbons (Fsp3) is 0.250. The van der Waals surface area contributed by atoms with Gasteiger partial charge in [0.1, 0.15) is 0 Å². The predicted molar refractivity (Wildman–Crippen MR) is 77.1 cm³/mol. The van der Waals surface area contributed by atoms with Crippen LogP contribution in [0.15, 0.2) is 54.9 Å². The number of amides is 1. The van der Waals surface area contributed by atoms with Crippen molar-refractivity contribution < 1.29 is 9.90 Å². The van der Waals surface area contributed by atoms with E-state index in [1.54, 1.807) is 12.4 Å². The Hall–Kier alpha value is -2.20. The third-order valence-electron chi connectivity index (χ3n) is 3.02. The topological polar surface area (TPSA) is 62.2 Å². The number of carbonyl (C=O) groups is 1. The Kier molecular flexibility index (Phi) is 5.26. The lowest BCUT2D eigenvalue weighted by atomic mass is 10.1. The van der Waals surface area contributed by atoms with Gasteiger partial charge in [0, 0.05) is 12.4 Å². The molecule has 0 fully saturated rings. The number of aliphatic hydroxyl groups is 1. The van der Waals surface area contributed by atoms with E-state index >= 15 is 0 Å². The molecule has 0 aliphatic rings. The molecule has 0 saturated carbocycles. The van der Waals surface area contributed by atoms with Gasteiger partial charge < -0.3 is 10.4 Å². The third kappa shape index (κ3) is 4.48. The molecule has 20 heavy (non-hydrogen) atoms. The van der Waals surface area contributed by atoms with E-state index in [-0.39, 0.29) is 18.6 Å². The number of nitrogens with zero attached hydrogens (tertiary/aromatic N) is 1. The second kappa shape index (κ2) is 7.40. The zero-order chi connectivity index (χ0) is 14.2. The van der Waals surface area contributed by atoms with Crippen LogP contribution in [-0.4, -0.2) is 28.6 Å². The van der Waals surface area contributed by atoms with Crippen LogP contribution < -0.4 is 5.32 Å². The lowest BCUT2D eigenvalue weighted by Gasteiger charge is -2.16. The SMILES string of the molecule is O=C(Cc1ccncc1)N[C@H](CO)Cc1ccccc1. The Morgan fingerprint density at radius 3 is 2.45 bits per heavy atom. The van der Waals surface area contributed by atoms with Crippen molar-refractivity contribution in [3.05, 3.63) is 66.0 Å². The van der Waals surface area contributed by atoms with Crippen LogP contribution in [0.5, 0.6) is 0 Å². The summed E-state index contributed by atoms with van der Waals surface area (Å²) in [4.78, 5) is 15.8. The summed E-state index contributed by atoms with van der Waals surface area (Å²) in [6, 6.07) is 13.2. The van der Waals surface area contributed by atoms with Gasteiger partial charge in [0.15, 0.2) is 0 Å². The van der Waals surface area contributed by atoms with Gasteiger partial charge in [-0.15, -0.1) is 0 Å². The maximum absolute atomic E-state index is 11.9. The fourth-order valence-electron chi connectivity index (χ4n) is 2.02. The number of aliphatic hydroxyl groups excluding tert-OH is 1. The van der Waals surface area contributed by atoms with Crippen molar-refractivity contribution in [2.45, 2.75) is 18.9 Å². The number of carbonyl (C=O) groups excluding carboxylic acids is 1. The zero-order valence-corrected chi connectivity index (χ0v) is 11.2. The maximum Gasteiger partial charge on any atom is 0.224 e. The van der Waals surface area contributed by atoms with Crippen molar-refractivity contribution in [1.82, 2.24) is 10.3 Å². The number of hydrogen-bond donors (Lipinski definition) is 2. The molecular formula is C16H18N2O2. The molecule has 4 heteroatoms. The highest BCUT2D eigenvalue weighted by Gasteiger charge is 2.12. The summed E-state index contributed by atoms with van der Waals surface area (Å²) in [5.41, 5.74) is 2.00. The molecule has 2 aromatic rings. The van der Waals surface area contributed by atoms with Crippen molar-refractivity contribution in [3.63, 3.8) is 0 Å². The van der Waals surface area contributed by atoms with Gasteiger partial charge in [-0.25, -0.2) is 0 Å². The van der Waals surface area contributed by atoms with E-state index in [4.69, 9.17) is 0 Å². The Balaban J connectivity index is 1.88. The minimum Gasteiger partial charge on any atom is -0.394 e. The minimum atomic E-state index is -0.258. The quantitative estimate of drug-likeness (QED) is 0.832. The normalized spacial score (nSPS) is 11.8. The average Bonchev–Trinajstić information content (AvgIpc) is 2.48. The Labute approximate surface area is 118 Å². The second-order valence-electron chi connectivity index (χ2n) is 4.67. The van der Waals surface area contributed by atoms with E-state index in [1.165, 1.54) is 0 Å². The molecule has 0 aliphatic heterocycles. The van der Waals surface area contributed by atoms with Gasteiger partial charge in [0.25, 0.3) is 0 Å². The van der Waals surface area contributed by atoms with Crippen LogP contribution in [-0.2, 0) is 17.6 Å². The molecule has 0 saturated heterocycles. The first-order valence-electron chi connectivity index (χ1n) is 6.61. The van der Waals surface area contributed by atoms with Crippen LogP contribution in [0, 0.1) is 0 Å². The van der Waals surface area contributed by atoms with Gasteiger partial charge in [-0.3, -0.25) is 9.78 Å². The Morgan fingerprint density at radius 2 is 1.80 bits per heavy atom. The molecule has 0 aliphatic carbocycles. The number of rotatable bonds is 6. The molecule has 1 aromatic carbocycles. The van der Waals surface area contributed by atoms with Crippen LogP contribution in [0.25, 0.3) is 0 Å². The van der Waals surface area contributed by atoms with Gasteiger partial charge in [-0.1, -0.05) is 30.3 Å². The monoisotopic (exact) mass is 270 g/mol. The zero-order valence-electron chi connectivity index (χ0n) is 11.2. The smallest absolute Gasteiger partial charge is 0.224 e. The second-order valence-corrected chi connectivity index (χ2v) is 4.67. The number of nitrogens with one attached hydrogen (secondary N) is 1. The Bertz CT molecular complexity index is 529. The van der Waals surface area contributed by atoms with Crippen LogP contribution in [0.1, 0.15) is 11.1 Å². The first-order chi connectivity index (χ1) is 9.78. The van der Waals surface area contributed by atoms with Gasteiger partial charge in [-0.2, -0.15) is 0 Å². The molecule has 0 unspecified atom stereocenters. The first-order valence-corrected chi connectivity index (χ1v) is 6.61. The van der Waals surface area contributed by atoms with Gasteiger partial charge in [0.05, 0.1) is 19.1 Å². The van der Waals surface area contributed by atoms with Crippen LogP contribution in [0.3, 0.4) is 0 Å². The number of pyridine rings is 1. The average molecular weight is 270 g/mol. The molecular weight excluding hydrogens is 252 g/mol. The van der Waals surface area contributed by atoms with E-state index in [0.29, 0.717) is 12.8 Å². The van der Waals surface area contributed by atoms with E-state index in [9.17, 15) is 9.90 Å². The summed E-state index contributed by atoms with van der Waals surface area (Å²) in [5, 5.41) is 12.2. The van der Waals surface area contributed by atoms with E-state index in [2.05, 4.69) is 10.3 Å². The van der Waals surface area contributed by atoms with Crippen LogP contribution in [0.2, 0.25) is 0 Å². The largest absolute Gasteiger partial charge is 0.394 e. The van der Waals surface area contributed by atoms with Crippen molar-refractivity contribution >= 4 is 5.91 Å². The highest BCUT2D eigenvalue weighted by Crippen LogP contribution is 2.04. The summed E-state index contributed by atoms with van der Waals surface area (Å²) in [7, 11) is 0. The first kappa shape index (κ1) is 14.2. The molecule has 1 atom stereocenters. The maximum atomic E-state index is 11.9.